The molecule has 3 aromatic rings. The Kier molecular flexibility index (Phi) is 7.24. The van der Waals surface area contributed by atoms with E-state index >= 15 is 0 Å². The van der Waals surface area contributed by atoms with Crippen molar-refractivity contribution >= 4 is 16.1 Å². The number of ether oxygens (including phenoxy) is 1. The van der Waals surface area contributed by atoms with E-state index in [2.05, 4.69) is 9.97 Å². The smallest absolute Gasteiger partial charge is 0.357 e. The molecule has 0 aliphatic carbocycles. The van der Waals surface area contributed by atoms with Gasteiger partial charge in [-0.15, -0.1) is 0 Å². The number of esters is 1. The first kappa shape index (κ1) is 23.4. The number of aromatic nitrogens is 3. The van der Waals surface area contributed by atoms with Crippen LogP contribution in [-0.4, -0.2) is 36.0 Å². The summed E-state index contributed by atoms with van der Waals surface area (Å²) in [4.78, 5) is 20.5. The maximum absolute atomic E-state index is 13.6. The molecule has 0 radical (unpaired) electrons. The highest BCUT2D eigenvalue weighted by molar-refractivity contribution is 7.87. The van der Waals surface area contributed by atoms with E-state index in [0.29, 0.717) is 11.5 Å². The van der Waals surface area contributed by atoms with Crippen LogP contribution in [0.2, 0.25) is 0 Å². The third-order valence-corrected chi connectivity index (χ3v) is 5.95. The molecule has 10 heteroatoms. The molecule has 0 spiro atoms. The molecule has 0 atom stereocenters. The highest BCUT2D eigenvalue weighted by atomic mass is 32.2. The van der Waals surface area contributed by atoms with Gasteiger partial charge in [0.05, 0.1) is 31.5 Å². The molecular weight excluding hydrogens is 437 g/mol. The van der Waals surface area contributed by atoms with E-state index in [4.69, 9.17) is 8.92 Å². The lowest BCUT2D eigenvalue weighted by Gasteiger charge is -2.14. The lowest BCUT2D eigenvalue weighted by molar-refractivity contribution is -0.140. The molecule has 0 amide bonds. The van der Waals surface area contributed by atoms with E-state index in [0.717, 1.165) is 6.07 Å². The van der Waals surface area contributed by atoms with E-state index < -0.39 is 21.9 Å². The van der Waals surface area contributed by atoms with Crippen LogP contribution >= 0.6 is 0 Å². The first-order valence-corrected chi connectivity index (χ1v) is 11.4. The second-order valence-electron chi connectivity index (χ2n) is 7.35. The first-order chi connectivity index (χ1) is 15.2. The summed E-state index contributed by atoms with van der Waals surface area (Å²) in [5.74, 6) is -1.10. The third kappa shape index (κ3) is 5.50. The Labute approximate surface area is 186 Å². The van der Waals surface area contributed by atoms with Crippen molar-refractivity contribution in [1.82, 2.24) is 14.5 Å². The van der Waals surface area contributed by atoms with Gasteiger partial charge in [-0.2, -0.15) is 8.42 Å². The zero-order valence-electron chi connectivity index (χ0n) is 18.0. The molecule has 2 heterocycles. The molecule has 0 N–H and O–H groups in total. The van der Waals surface area contributed by atoms with Gasteiger partial charge in [-0.1, -0.05) is 26.0 Å². The van der Waals surface area contributed by atoms with Crippen molar-refractivity contribution in [2.75, 3.05) is 7.11 Å². The standard InChI is InChI=1S/C22H24FN3O5S/c1-15(2)21-22(32(28,29)31-18-9-6-7-16(23)13-18)26(14-17-8-4-5-12-24-17)19(25-21)10-11-20(27)30-3/h4-9,12-13,15H,10-11,14H2,1-3H3. The number of nitrogens with zero attached hydrogens (tertiary/aromatic N) is 3. The molecule has 2 aromatic heterocycles. The largest absolute Gasteiger partial charge is 0.469 e. The van der Waals surface area contributed by atoms with Gasteiger partial charge >= 0.3 is 16.1 Å². The van der Waals surface area contributed by atoms with Crippen LogP contribution in [0.1, 0.15) is 43.4 Å². The van der Waals surface area contributed by atoms with E-state index in [1.54, 1.807) is 38.2 Å². The number of halogens is 1. The second kappa shape index (κ2) is 9.90. The van der Waals surface area contributed by atoms with Gasteiger partial charge in [0.1, 0.15) is 17.4 Å². The van der Waals surface area contributed by atoms with Gasteiger partial charge in [-0.05, 0) is 30.2 Å². The summed E-state index contributed by atoms with van der Waals surface area (Å²) in [6.07, 6.45) is 1.79. The van der Waals surface area contributed by atoms with Gasteiger partial charge in [0.15, 0.2) is 5.03 Å². The molecule has 0 saturated carbocycles. The molecule has 8 nitrogen and oxygen atoms in total. The summed E-state index contributed by atoms with van der Waals surface area (Å²) in [6.45, 7) is 3.70. The predicted molar refractivity (Wildman–Crippen MR) is 114 cm³/mol. The second-order valence-corrected chi connectivity index (χ2v) is 8.81. The van der Waals surface area contributed by atoms with Gasteiger partial charge < -0.3 is 13.5 Å². The van der Waals surface area contributed by atoms with Crippen LogP contribution in [0.15, 0.2) is 53.7 Å². The average molecular weight is 462 g/mol. The highest BCUT2D eigenvalue weighted by Gasteiger charge is 2.32. The van der Waals surface area contributed by atoms with Crippen molar-refractivity contribution in [3.8, 4) is 5.75 Å². The fourth-order valence-corrected chi connectivity index (χ4v) is 4.56. The number of imidazole rings is 1. The third-order valence-electron chi connectivity index (χ3n) is 4.64. The van der Waals surface area contributed by atoms with Gasteiger partial charge in [0.2, 0.25) is 0 Å². The zero-order valence-corrected chi connectivity index (χ0v) is 18.8. The fraction of sp³-hybridized carbons (Fsp3) is 0.318. The van der Waals surface area contributed by atoms with E-state index in [1.165, 1.54) is 29.9 Å². The fourth-order valence-electron chi connectivity index (χ4n) is 3.15. The van der Waals surface area contributed by atoms with Crippen LogP contribution in [0.3, 0.4) is 0 Å². The minimum absolute atomic E-state index is 0.0253. The Bertz CT molecular complexity index is 1190. The number of hydrogen-bond acceptors (Lipinski definition) is 7. The molecule has 3 rings (SSSR count). The number of hydrogen-bond donors (Lipinski definition) is 0. The van der Waals surface area contributed by atoms with Crippen LogP contribution in [0.25, 0.3) is 0 Å². The van der Waals surface area contributed by atoms with Gasteiger partial charge in [0, 0.05) is 18.7 Å². The number of aryl methyl sites for hydroxylation is 1. The maximum atomic E-state index is 13.6. The predicted octanol–water partition coefficient (Wildman–Crippen LogP) is 3.46. The molecule has 1 aromatic carbocycles. The molecule has 0 aliphatic rings. The SMILES string of the molecule is COC(=O)CCc1nc(C(C)C)c(S(=O)(=O)Oc2cccc(F)c2)n1Cc1ccccn1. The number of rotatable bonds is 9. The van der Waals surface area contributed by atoms with Crippen molar-refractivity contribution in [3.05, 3.63) is 71.7 Å². The van der Waals surface area contributed by atoms with Crippen LogP contribution in [0.4, 0.5) is 4.39 Å². The molecule has 0 bridgehead atoms. The Morgan fingerprint density at radius 1 is 1.19 bits per heavy atom. The van der Waals surface area contributed by atoms with Crippen molar-refractivity contribution < 1.29 is 26.5 Å². The summed E-state index contributed by atoms with van der Waals surface area (Å²) in [6, 6.07) is 10.2. The average Bonchev–Trinajstić information content (AvgIpc) is 3.12. The monoisotopic (exact) mass is 461 g/mol. The van der Waals surface area contributed by atoms with Crippen molar-refractivity contribution in [2.45, 2.75) is 44.2 Å². The molecular formula is C22H24FN3O5S. The topological polar surface area (TPSA) is 100 Å². The highest BCUT2D eigenvalue weighted by Crippen LogP contribution is 2.29. The molecule has 170 valence electrons. The Hall–Kier alpha value is -3.27. The molecule has 0 fully saturated rings. The zero-order chi connectivity index (χ0) is 23.3. The minimum atomic E-state index is -4.39. The lowest BCUT2D eigenvalue weighted by Crippen LogP contribution is -2.19. The molecule has 0 saturated heterocycles. The lowest BCUT2D eigenvalue weighted by atomic mass is 10.1. The minimum Gasteiger partial charge on any atom is -0.469 e. The quantitative estimate of drug-likeness (QED) is 0.355. The summed E-state index contributed by atoms with van der Waals surface area (Å²) in [7, 11) is -3.11. The van der Waals surface area contributed by atoms with Crippen LogP contribution < -0.4 is 4.18 Å². The van der Waals surface area contributed by atoms with E-state index in [9.17, 15) is 17.6 Å². The molecule has 32 heavy (non-hydrogen) atoms. The maximum Gasteiger partial charge on any atom is 0.357 e. The van der Waals surface area contributed by atoms with Gasteiger partial charge in [0.25, 0.3) is 0 Å². The molecule has 0 aliphatic heterocycles. The molecule has 0 unspecified atom stereocenters. The number of carbonyl (C=O) groups is 1. The summed E-state index contributed by atoms with van der Waals surface area (Å²) >= 11 is 0. The van der Waals surface area contributed by atoms with Crippen LogP contribution in [0.5, 0.6) is 5.75 Å². The summed E-state index contributed by atoms with van der Waals surface area (Å²) in [5, 5.41) is -0.151. The van der Waals surface area contributed by atoms with Gasteiger partial charge in [-0.25, -0.2) is 9.37 Å². The van der Waals surface area contributed by atoms with Crippen LogP contribution in [-0.2, 0) is 32.6 Å². The first-order valence-electron chi connectivity index (χ1n) is 9.97. The van der Waals surface area contributed by atoms with E-state index in [-0.39, 0.29) is 41.8 Å². The number of carbonyl (C=O) groups excluding carboxylic acids is 1. The van der Waals surface area contributed by atoms with Crippen molar-refractivity contribution in [1.29, 1.82) is 0 Å². The van der Waals surface area contributed by atoms with Gasteiger partial charge in [-0.3, -0.25) is 9.78 Å². The normalized spacial score (nSPS) is 11.5. The Morgan fingerprint density at radius 3 is 2.59 bits per heavy atom. The Balaban J connectivity index is 2.12. The van der Waals surface area contributed by atoms with E-state index in [1.807, 2.05) is 0 Å². The van der Waals surface area contributed by atoms with Crippen molar-refractivity contribution in [3.63, 3.8) is 0 Å². The number of benzene rings is 1. The Morgan fingerprint density at radius 2 is 1.97 bits per heavy atom. The number of pyridine rings is 1. The van der Waals surface area contributed by atoms with Crippen molar-refractivity contribution in [2.24, 2.45) is 0 Å². The summed E-state index contributed by atoms with van der Waals surface area (Å²) < 4.78 is 51.7. The van der Waals surface area contributed by atoms with Crippen LogP contribution in [0, 0.1) is 5.82 Å². The summed E-state index contributed by atoms with van der Waals surface area (Å²) in [5.41, 5.74) is 0.888. The number of methoxy groups -OCH3 is 1.